The molecule has 1 aromatic rings. The summed E-state index contributed by atoms with van der Waals surface area (Å²) in [7, 11) is 3.61. The highest BCUT2D eigenvalue weighted by atomic mass is 16.5. The lowest BCUT2D eigenvalue weighted by Gasteiger charge is -2.32. The average Bonchev–Trinajstić information content (AvgIpc) is 2.55. The number of methoxy groups -OCH3 is 1. The van der Waals surface area contributed by atoms with Gasteiger partial charge in [-0.1, -0.05) is 6.07 Å². The Morgan fingerprint density at radius 2 is 1.95 bits per heavy atom. The Morgan fingerprint density at radius 3 is 2.64 bits per heavy atom. The first kappa shape index (κ1) is 16.3. The van der Waals surface area contributed by atoms with Crippen molar-refractivity contribution in [2.24, 2.45) is 0 Å². The summed E-state index contributed by atoms with van der Waals surface area (Å²) < 4.78 is 5.09. The van der Waals surface area contributed by atoms with Gasteiger partial charge < -0.3 is 19.9 Å². The fraction of sp³-hybridized carbons (Fsp3) is 0.500. The van der Waals surface area contributed by atoms with Crippen molar-refractivity contribution in [3.8, 4) is 5.75 Å². The van der Waals surface area contributed by atoms with Crippen LogP contribution in [0.15, 0.2) is 24.3 Å². The molecule has 1 N–H and O–H groups in total. The van der Waals surface area contributed by atoms with E-state index < -0.39 is 0 Å². The summed E-state index contributed by atoms with van der Waals surface area (Å²) in [6.45, 7) is 3.68. The fourth-order valence-electron chi connectivity index (χ4n) is 2.36. The number of hydrogen-bond donors (Lipinski definition) is 1. The van der Waals surface area contributed by atoms with Gasteiger partial charge in [0.05, 0.1) is 7.11 Å². The van der Waals surface area contributed by atoms with Crippen LogP contribution >= 0.6 is 0 Å². The molecular formula is C16H23N3O3. The standard InChI is InChI=1S/C16H23N3O3/c1-18-8-10-19(11-9-18)15(20)6-7-17-16(21)13-4-3-5-14(12-13)22-2/h3-5,12H,6-11H2,1-2H3,(H,17,21). The fourth-order valence-corrected chi connectivity index (χ4v) is 2.36. The Morgan fingerprint density at radius 1 is 1.23 bits per heavy atom. The molecule has 0 aromatic heterocycles. The Kier molecular flexibility index (Phi) is 5.77. The van der Waals surface area contributed by atoms with Crippen LogP contribution in [0.1, 0.15) is 16.8 Å². The molecule has 2 rings (SSSR count). The second-order valence-electron chi connectivity index (χ2n) is 5.42. The summed E-state index contributed by atoms with van der Waals surface area (Å²) in [6.07, 6.45) is 0.333. The van der Waals surface area contributed by atoms with Crippen LogP contribution in [0.5, 0.6) is 5.75 Å². The number of carbonyl (C=O) groups is 2. The van der Waals surface area contributed by atoms with Gasteiger partial charge in [-0.25, -0.2) is 0 Å². The monoisotopic (exact) mass is 305 g/mol. The van der Waals surface area contributed by atoms with E-state index in [1.807, 2.05) is 4.90 Å². The van der Waals surface area contributed by atoms with Gasteiger partial charge in [-0.15, -0.1) is 0 Å². The van der Waals surface area contributed by atoms with E-state index in [1.54, 1.807) is 31.4 Å². The quantitative estimate of drug-likeness (QED) is 0.865. The molecule has 0 aliphatic carbocycles. The van der Waals surface area contributed by atoms with Gasteiger partial charge >= 0.3 is 0 Å². The van der Waals surface area contributed by atoms with Crippen LogP contribution in [0.3, 0.4) is 0 Å². The molecule has 2 amide bonds. The summed E-state index contributed by atoms with van der Waals surface area (Å²) in [4.78, 5) is 28.1. The predicted octanol–water partition coefficient (Wildman–Crippen LogP) is 0.589. The van der Waals surface area contributed by atoms with Crippen LogP contribution in [0.4, 0.5) is 0 Å². The SMILES string of the molecule is COc1cccc(C(=O)NCCC(=O)N2CCN(C)CC2)c1. The smallest absolute Gasteiger partial charge is 0.251 e. The molecule has 0 atom stereocenters. The minimum absolute atomic E-state index is 0.0963. The topological polar surface area (TPSA) is 61.9 Å². The molecule has 1 heterocycles. The lowest BCUT2D eigenvalue weighted by atomic mass is 10.2. The van der Waals surface area contributed by atoms with E-state index in [1.165, 1.54) is 0 Å². The van der Waals surface area contributed by atoms with Crippen molar-refractivity contribution in [2.75, 3.05) is 46.9 Å². The van der Waals surface area contributed by atoms with Crippen molar-refractivity contribution < 1.29 is 14.3 Å². The molecule has 1 aromatic carbocycles. The zero-order valence-electron chi connectivity index (χ0n) is 13.2. The molecule has 1 fully saturated rings. The maximum absolute atomic E-state index is 12.1. The highest BCUT2D eigenvalue weighted by Gasteiger charge is 2.18. The highest BCUT2D eigenvalue weighted by Crippen LogP contribution is 2.12. The van der Waals surface area contributed by atoms with E-state index in [0.717, 1.165) is 26.2 Å². The van der Waals surface area contributed by atoms with Crippen molar-refractivity contribution in [3.63, 3.8) is 0 Å². The lowest BCUT2D eigenvalue weighted by Crippen LogP contribution is -2.47. The van der Waals surface area contributed by atoms with Crippen LogP contribution in [-0.4, -0.2) is 68.5 Å². The number of likely N-dealkylation sites (N-methyl/N-ethyl adjacent to an activating group) is 1. The maximum Gasteiger partial charge on any atom is 0.251 e. The molecule has 120 valence electrons. The summed E-state index contributed by atoms with van der Waals surface area (Å²) in [5.41, 5.74) is 0.534. The third-order valence-corrected chi connectivity index (χ3v) is 3.81. The van der Waals surface area contributed by atoms with E-state index in [9.17, 15) is 9.59 Å². The van der Waals surface area contributed by atoms with Gasteiger partial charge in [-0.3, -0.25) is 9.59 Å². The molecule has 0 spiro atoms. The number of nitrogens with one attached hydrogen (secondary N) is 1. The number of amides is 2. The van der Waals surface area contributed by atoms with E-state index in [-0.39, 0.29) is 11.8 Å². The number of carbonyl (C=O) groups excluding carboxylic acids is 2. The highest BCUT2D eigenvalue weighted by molar-refractivity contribution is 5.94. The zero-order chi connectivity index (χ0) is 15.9. The Hall–Kier alpha value is -2.08. The summed E-state index contributed by atoms with van der Waals surface area (Å²) in [6, 6.07) is 6.95. The minimum Gasteiger partial charge on any atom is -0.497 e. The molecule has 0 saturated carbocycles. The van der Waals surface area contributed by atoms with Crippen LogP contribution in [0.2, 0.25) is 0 Å². The second-order valence-corrected chi connectivity index (χ2v) is 5.42. The molecule has 0 radical (unpaired) electrons. The summed E-state index contributed by atoms with van der Waals surface area (Å²) in [5.74, 6) is 0.547. The van der Waals surface area contributed by atoms with Crippen molar-refractivity contribution >= 4 is 11.8 Å². The van der Waals surface area contributed by atoms with Crippen LogP contribution in [0, 0.1) is 0 Å². The third-order valence-electron chi connectivity index (χ3n) is 3.81. The second kappa shape index (κ2) is 7.79. The maximum atomic E-state index is 12.1. The van der Waals surface area contributed by atoms with Gasteiger partial charge in [-0.05, 0) is 25.2 Å². The van der Waals surface area contributed by atoms with Gasteiger partial charge in [0.25, 0.3) is 5.91 Å². The minimum atomic E-state index is -0.190. The van der Waals surface area contributed by atoms with E-state index >= 15 is 0 Å². The molecular weight excluding hydrogens is 282 g/mol. The average molecular weight is 305 g/mol. The first-order valence-corrected chi connectivity index (χ1v) is 7.48. The summed E-state index contributed by atoms with van der Waals surface area (Å²) >= 11 is 0. The van der Waals surface area contributed by atoms with Crippen LogP contribution in [-0.2, 0) is 4.79 Å². The Bertz CT molecular complexity index is 525. The predicted molar refractivity (Wildman–Crippen MR) is 84.0 cm³/mol. The van der Waals surface area contributed by atoms with Crippen molar-refractivity contribution in [3.05, 3.63) is 29.8 Å². The number of rotatable bonds is 5. The van der Waals surface area contributed by atoms with Gasteiger partial charge in [0.15, 0.2) is 0 Å². The van der Waals surface area contributed by atoms with E-state index in [2.05, 4.69) is 17.3 Å². The molecule has 1 aliphatic heterocycles. The zero-order valence-corrected chi connectivity index (χ0v) is 13.2. The van der Waals surface area contributed by atoms with Crippen molar-refractivity contribution in [1.82, 2.24) is 15.1 Å². The molecule has 1 saturated heterocycles. The van der Waals surface area contributed by atoms with Gasteiger partial charge in [0.1, 0.15) is 5.75 Å². The molecule has 1 aliphatic rings. The van der Waals surface area contributed by atoms with Crippen LogP contribution in [0.25, 0.3) is 0 Å². The largest absolute Gasteiger partial charge is 0.497 e. The van der Waals surface area contributed by atoms with E-state index in [0.29, 0.717) is 24.3 Å². The van der Waals surface area contributed by atoms with Crippen LogP contribution < -0.4 is 10.1 Å². The molecule has 6 heteroatoms. The first-order valence-electron chi connectivity index (χ1n) is 7.48. The van der Waals surface area contributed by atoms with Gasteiger partial charge in [-0.2, -0.15) is 0 Å². The normalized spacial score (nSPS) is 15.5. The molecule has 0 bridgehead atoms. The first-order chi connectivity index (χ1) is 10.6. The number of piperazine rings is 1. The van der Waals surface area contributed by atoms with Gasteiger partial charge in [0, 0.05) is 44.7 Å². The third kappa shape index (κ3) is 4.46. The van der Waals surface area contributed by atoms with Crippen molar-refractivity contribution in [1.29, 1.82) is 0 Å². The molecule has 0 unspecified atom stereocenters. The number of nitrogens with zero attached hydrogens (tertiary/aromatic N) is 2. The number of benzene rings is 1. The summed E-state index contributed by atoms with van der Waals surface area (Å²) in [5, 5.41) is 2.78. The lowest BCUT2D eigenvalue weighted by molar-refractivity contribution is -0.132. The van der Waals surface area contributed by atoms with Gasteiger partial charge in [0.2, 0.25) is 5.91 Å². The van der Waals surface area contributed by atoms with E-state index in [4.69, 9.17) is 4.74 Å². The molecule has 22 heavy (non-hydrogen) atoms. The molecule has 6 nitrogen and oxygen atoms in total. The van der Waals surface area contributed by atoms with Crippen molar-refractivity contribution in [2.45, 2.75) is 6.42 Å². The number of ether oxygens (including phenoxy) is 1. The Labute approximate surface area is 131 Å². The Balaban J connectivity index is 1.75. The number of hydrogen-bond acceptors (Lipinski definition) is 4.